The van der Waals surface area contributed by atoms with E-state index in [4.69, 9.17) is 16.7 Å². The van der Waals surface area contributed by atoms with Gasteiger partial charge >= 0.3 is 5.97 Å². The number of nitro benzene ring substituents is 1. The summed E-state index contributed by atoms with van der Waals surface area (Å²) in [6.07, 6.45) is 1.64. The van der Waals surface area contributed by atoms with Gasteiger partial charge in [0, 0.05) is 11.8 Å². The van der Waals surface area contributed by atoms with Crippen molar-refractivity contribution >= 4 is 34.9 Å². The van der Waals surface area contributed by atoms with E-state index in [1.807, 2.05) is 0 Å². The third kappa shape index (κ3) is 3.30. The minimum absolute atomic E-state index is 0.0257. The molecule has 0 radical (unpaired) electrons. The first-order valence-electron chi connectivity index (χ1n) is 6.37. The van der Waals surface area contributed by atoms with Crippen molar-refractivity contribution in [2.24, 2.45) is 11.8 Å². The molecule has 0 heterocycles. The Hall–Kier alpha value is -2.15. The van der Waals surface area contributed by atoms with Crippen LogP contribution in [0.1, 0.15) is 19.3 Å². The van der Waals surface area contributed by atoms with Gasteiger partial charge in [-0.05, 0) is 25.0 Å². The predicted molar refractivity (Wildman–Crippen MR) is 75.2 cm³/mol. The van der Waals surface area contributed by atoms with Crippen molar-refractivity contribution in [2.75, 3.05) is 5.32 Å². The average molecular weight is 313 g/mol. The second kappa shape index (κ2) is 6.09. The lowest BCUT2D eigenvalue weighted by atomic mass is 9.95. The molecular formula is C13H13ClN2O5. The maximum atomic E-state index is 12.1. The highest BCUT2D eigenvalue weighted by Gasteiger charge is 2.37. The third-order valence-electron chi connectivity index (χ3n) is 3.58. The summed E-state index contributed by atoms with van der Waals surface area (Å²) in [5.74, 6) is -2.74. The van der Waals surface area contributed by atoms with Crippen molar-refractivity contribution in [3.05, 3.63) is 33.3 Å². The molecule has 0 spiro atoms. The fraction of sp³-hybridized carbons (Fsp3) is 0.385. The molecule has 21 heavy (non-hydrogen) atoms. The zero-order valence-electron chi connectivity index (χ0n) is 10.9. The van der Waals surface area contributed by atoms with Gasteiger partial charge in [-0.25, -0.2) is 0 Å². The molecule has 1 saturated carbocycles. The van der Waals surface area contributed by atoms with E-state index < -0.39 is 28.6 Å². The van der Waals surface area contributed by atoms with Gasteiger partial charge in [-0.2, -0.15) is 0 Å². The van der Waals surface area contributed by atoms with Crippen LogP contribution in [0.2, 0.25) is 5.02 Å². The van der Waals surface area contributed by atoms with E-state index in [1.165, 1.54) is 12.1 Å². The Morgan fingerprint density at radius 3 is 2.62 bits per heavy atom. The monoisotopic (exact) mass is 312 g/mol. The highest BCUT2D eigenvalue weighted by atomic mass is 35.5. The number of carboxylic acid groups (broad SMARTS) is 1. The van der Waals surface area contributed by atoms with Crippen LogP contribution in [-0.4, -0.2) is 21.9 Å². The van der Waals surface area contributed by atoms with Crippen molar-refractivity contribution in [2.45, 2.75) is 19.3 Å². The van der Waals surface area contributed by atoms with Gasteiger partial charge in [0.25, 0.3) is 5.69 Å². The Labute approximate surface area is 125 Å². The Bertz CT molecular complexity index is 604. The molecule has 1 aromatic carbocycles. The number of rotatable bonds is 4. The lowest BCUT2D eigenvalue weighted by molar-refractivity contribution is -0.384. The summed E-state index contributed by atoms with van der Waals surface area (Å²) in [7, 11) is 0. The number of anilines is 1. The van der Waals surface area contributed by atoms with Crippen molar-refractivity contribution in [1.29, 1.82) is 0 Å². The van der Waals surface area contributed by atoms with Gasteiger partial charge in [-0.15, -0.1) is 0 Å². The molecule has 0 aliphatic heterocycles. The number of hydrogen-bond donors (Lipinski definition) is 2. The van der Waals surface area contributed by atoms with Crippen molar-refractivity contribution in [3.8, 4) is 0 Å². The maximum Gasteiger partial charge on any atom is 0.307 e. The smallest absolute Gasteiger partial charge is 0.307 e. The fourth-order valence-electron chi connectivity index (χ4n) is 2.53. The number of nitrogens with one attached hydrogen (secondary N) is 1. The molecule has 2 atom stereocenters. The van der Waals surface area contributed by atoms with Crippen molar-refractivity contribution in [3.63, 3.8) is 0 Å². The number of amides is 1. The molecule has 2 N–H and O–H groups in total. The van der Waals surface area contributed by atoms with Crippen LogP contribution in [0, 0.1) is 22.0 Å². The summed E-state index contributed by atoms with van der Waals surface area (Å²) in [6, 6.07) is 3.92. The number of carbonyl (C=O) groups excluding carboxylic acids is 1. The number of halogens is 1. The average Bonchev–Trinajstić information content (AvgIpc) is 2.90. The Morgan fingerprint density at radius 1 is 1.33 bits per heavy atom. The normalized spacial score (nSPS) is 21.0. The zero-order valence-corrected chi connectivity index (χ0v) is 11.7. The van der Waals surface area contributed by atoms with Gasteiger partial charge in [-0.3, -0.25) is 19.7 Å². The lowest BCUT2D eigenvalue weighted by Crippen LogP contribution is -2.29. The van der Waals surface area contributed by atoms with Crippen LogP contribution in [0.5, 0.6) is 0 Å². The van der Waals surface area contributed by atoms with Gasteiger partial charge in [0.2, 0.25) is 5.91 Å². The first kappa shape index (κ1) is 15.2. The zero-order chi connectivity index (χ0) is 15.6. The topological polar surface area (TPSA) is 110 Å². The maximum absolute atomic E-state index is 12.1. The van der Waals surface area contributed by atoms with Crippen LogP contribution >= 0.6 is 11.6 Å². The first-order chi connectivity index (χ1) is 9.90. The molecule has 0 saturated heterocycles. The summed E-state index contributed by atoms with van der Waals surface area (Å²) in [5, 5.41) is 22.4. The molecule has 8 heteroatoms. The number of aliphatic carboxylic acids is 1. The van der Waals surface area contributed by atoms with Crippen LogP contribution in [0.25, 0.3) is 0 Å². The largest absolute Gasteiger partial charge is 0.481 e. The Kier molecular flexibility index (Phi) is 4.42. The van der Waals surface area contributed by atoms with E-state index >= 15 is 0 Å². The number of carboxylic acids is 1. The molecule has 0 bridgehead atoms. The quantitative estimate of drug-likeness (QED) is 0.656. The Balaban J connectivity index is 2.14. The fourth-order valence-corrected chi connectivity index (χ4v) is 2.72. The van der Waals surface area contributed by atoms with E-state index in [-0.39, 0.29) is 16.4 Å². The predicted octanol–water partition coefficient (Wildman–Crippen LogP) is 2.69. The molecule has 7 nitrogen and oxygen atoms in total. The van der Waals surface area contributed by atoms with Crippen LogP contribution in [0.4, 0.5) is 11.4 Å². The minimum atomic E-state index is -0.991. The van der Waals surface area contributed by atoms with Crippen LogP contribution in [0.15, 0.2) is 18.2 Å². The van der Waals surface area contributed by atoms with Gasteiger partial charge in [-0.1, -0.05) is 18.0 Å². The second-order valence-electron chi connectivity index (χ2n) is 4.89. The van der Waals surface area contributed by atoms with E-state index in [9.17, 15) is 19.7 Å². The van der Waals surface area contributed by atoms with Crippen molar-refractivity contribution < 1.29 is 19.6 Å². The van der Waals surface area contributed by atoms with E-state index in [1.54, 1.807) is 0 Å². The van der Waals surface area contributed by atoms with Crippen molar-refractivity contribution in [1.82, 2.24) is 0 Å². The molecule has 0 aromatic heterocycles. The summed E-state index contributed by atoms with van der Waals surface area (Å²) < 4.78 is 0. The number of nitro groups is 1. The number of nitrogens with zero attached hydrogens (tertiary/aromatic N) is 1. The van der Waals surface area contributed by atoms with E-state index in [2.05, 4.69) is 5.32 Å². The highest BCUT2D eigenvalue weighted by molar-refractivity contribution is 6.32. The summed E-state index contributed by atoms with van der Waals surface area (Å²) in [6.45, 7) is 0. The SMILES string of the molecule is O=C(O)C1CCCC1C(=O)Nc1ccc(Cl)c([N+](=O)[O-])c1. The van der Waals surface area contributed by atoms with Crippen LogP contribution in [0.3, 0.4) is 0 Å². The molecule has 2 rings (SSSR count). The molecular weight excluding hydrogens is 300 g/mol. The van der Waals surface area contributed by atoms with Gasteiger partial charge in [0.1, 0.15) is 5.02 Å². The molecule has 1 aliphatic carbocycles. The van der Waals surface area contributed by atoms with Gasteiger partial charge in [0.05, 0.1) is 16.8 Å². The summed E-state index contributed by atoms with van der Waals surface area (Å²) >= 11 is 5.69. The standard InChI is InChI=1S/C13H13ClN2O5/c14-10-5-4-7(6-11(10)16(20)21)15-12(17)8-2-1-3-9(8)13(18)19/h4-6,8-9H,1-3H2,(H,15,17)(H,18,19). The Morgan fingerprint density at radius 2 is 2.00 bits per heavy atom. The summed E-state index contributed by atoms with van der Waals surface area (Å²) in [5.41, 5.74) is -0.0807. The molecule has 2 unspecified atom stereocenters. The second-order valence-corrected chi connectivity index (χ2v) is 5.30. The number of hydrogen-bond acceptors (Lipinski definition) is 4. The van der Waals surface area contributed by atoms with E-state index in [0.29, 0.717) is 19.3 Å². The van der Waals surface area contributed by atoms with Gasteiger partial charge in [0.15, 0.2) is 0 Å². The molecule has 1 aromatic rings. The molecule has 1 amide bonds. The molecule has 1 aliphatic rings. The third-order valence-corrected chi connectivity index (χ3v) is 3.90. The minimum Gasteiger partial charge on any atom is -0.481 e. The van der Waals surface area contributed by atoms with Crippen LogP contribution < -0.4 is 5.32 Å². The first-order valence-corrected chi connectivity index (χ1v) is 6.75. The van der Waals surface area contributed by atoms with Crippen LogP contribution in [-0.2, 0) is 9.59 Å². The number of carbonyl (C=O) groups is 2. The highest BCUT2D eigenvalue weighted by Crippen LogP contribution is 2.33. The van der Waals surface area contributed by atoms with Gasteiger partial charge < -0.3 is 10.4 Å². The molecule has 1 fully saturated rings. The summed E-state index contributed by atoms with van der Waals surface area (Å²) in [4.78, 5) is 33.3. The lowest BCUT2D eigenvalue weighted by Gasteiger charge is -2.15. The molecule has 112 valence electrons. The number of benzene rings is 1. The van der Waals surface area contributed by atoms with E-state index in [0.717, 1.165) is 6.07 Å².